The average molecular weight is 650 g/mol. The molecule has 38 heavy (non-hydrogen) atoms. The summed E-state index contributed by atoms with van der Waals surface area (Å²) in [4.78, 5) is 0. The first-order chi connectivity index (χ1) is 15.9. The van der Waals surface area contributed by atoms with Gasteiger partial charge in [-0.3, -0.25) is 4.74 Å². The Kier molecular flexibility index (Phi) is 8.98. The molecule has 0 bridgehead atoms. The Morgan fingerprint density at radius 3 is 1.03 bits per heavy atom. The molecule has 0 saturated carbocycles. The SMILES string of the molecule is [O-]C(F)(C(F)(F)F)C(F)(F)OC(F)(OC(F)(C(F)(F)F)C(F)(F)OC(F)(F)C(F)(Cl)C(F)(F)F)C(F)(F)F. The van der Waals surface area contributed by atoms with Crippen LogP contribution in [0.15, 0.2) is 0 Å². The van der Waals surface area contributed by atoms with Crippen molar-refractivity contribution in [2.45, 2.75) is 65.9 Å². The first-order valence-electron chi connectivity index (χ1n) is 7.53. The standard InChI is InChI=1S/C11ClF22O4/c12-1(13,4(16,17)18)8(28,29)37-10(32,33)3(15,6(22,23)24)36-11(34,7(25,26)27)38-9(30,31)2(14,35)5(19,20)21/q-1. The van der Waals surface area contributed by atoms with E-state index in [0.717, 1.165) is 0 Å². The predicted molar refractivity (Wildman–Crippen MR) is 63.5 cm³/mol. The fourth-order valence-electron chi connectivity index (χ4n) is 1.45. The van der Waals surface area contributed by atoms with Crippen LogP contribution in [-0.2, 0) is 14.2 Å². The van der Waals surface area contributed by atoms with Crippen LogP contribution in [0.2, 0.25) is 0 Å². The van der Waals surface area contributed by atoms with Gasteiger partial charge in [0.15, 0.2) is 0 Å². The third-order valence-corrected chi connectivity index (χ3v) is 3.76. The predicted octanol–water partition coefficient (Wildman–Crippen LogP) is 6.28. The second-order valence-electron chi connectivity index (χ2n) is 6.15. The lowest BCUT2D eigenvalue weighted by Crippen LogP contribution is -2.71. The smallest absolute Gasteiger partial charge is 0.478 e. The molecule has 0 N–H and O–H groups in total. The van der Waals surface area contributed by atoms with E-state index in [1.54, 1.807) is 0 Å². The summed E-state index contributed by atoms with van der Waals surface area (Å²) >= 11 is 3.45. The van der Waals surface area contributed by atoms with Crippen molar-refractivity contribution in [1.29, 1.82) is 0 Å². The number of ether oxygens (including phenoxy) is 3. The molecule has 27 heteroatoms. The van der Waals surface area contributed by atoms with Crippen LogP contribution < -0.4 is 5.11 Å². The third-order valence-electron chi connectivity index (χ3n) is 3.33. The quantitative estimate of drug-likeness (QED) is 0.168. The molecule has 230 valence electrons. The largest absolute Gasteiger partial charge is 0.811 e. The molecule has 0 aromatic carbocycles. The second kappa shape index (κ2) is 9.32. The van der Waals surface area contributed by atoms with Gasteiger partial charge in [0.25, 0.3) is 0 Å². The van der Waals surface area contributed by atoms with Crippen molar-refractivity contribution in [2.75, 3.05) is 0 Å². The monoisotopic (exact) mass is 649 g/mol. The van der Waals surface area contributed by atoms with E-state index in [0.29, 0.717) is 0 Å². The minimum atomic E-state index is -8.54. The van der Waals surface area contributed by atoms with Crippen LogP contribution in [0.4, 0.5) is 96.6 Å². The maximum absolute atomic E-state index is 14.0. The summed E-state index contributed by atoms with van der Waals surface area (Å²) in [5, 5.41) is 3.17. The molecule has 4 unspecified atom stereocenters. The minimum absolute atomic E-state index is 1.17. The zero-order chi connectivity index (χ0) is 31.6. The number of hydrogen-bond acceptors (Lipinski definition) is 4. The highest BCUT2D eigenvalue weighted by Gasteiger charge is 2.85. The Balaban J connectivity index is 7.03. The van der Waals surface area contributed by atoms with Gasteiger partial charge in [-0.05, 0) is 0 Å². The van der Waals surface area contributed by atoms with Gasteiger partial charge in [-0.25, -0.2) is 18.3 Å². The molecule has 0 aliphatic carbocycles. The summed E-state index contributed by atoms with van der Waals surface area (Å²) in [6.45, 7) is 0. The van der Waals surface area contributed by atoms with Crippen molar-refractivity contribution in [3.05, 3.63) is 0 Å². The van der Waals surface area contributed by atoms with E-state index in [2.05, 4.69) is 11.6 Å². The van der Waals surface area contributed by atoms with Crippen LogP contribution >= 0.6 is 11.6 Å². The van der Waals surface area contributed by atoms with E-state index in [4.69, 9.17) is 0 Å². The molecule has 0 amide bonds. The topological polar surface area (TPSA) is 50.8 Å². The summed E-state index contributed by atoms with van der Waals surface area (Å²) in [6.07, 6.45) is -55.8. The summed E-state index contributed by atoms with van der Waals surface area (Å²) in [7, 11) is 0. The highest BCUT2D eigenvalue weighted by Crippen LogP contribution is 2.58. The van der Waals surface area contributed by atoms with E-state index in [1.807, 2.05) is 0 Å². The number of alkyl halides is 23. The van der Waals surface area contributed by atoms with Gasteiger partial charge in [0.05, 0.1) is 0 Å². The van der Waals surface area contributed by atoms with Crippen molar-refractivity contribution in [1.82, 2.24) is 0 Å². The molecule has 0 aromatic rings. The maximum Gasteiger partial charge on any atom is 0.478 e. The fourth-order valence-corrected chi connectivity index (χ4v) is 1.49. The zero-order valence-corrected chi connectivity index (χ0v) is 16.6. The minimum Gasteiger partial charge on any atom is -0.811 e. The highest BCUT2D eigenvalue weighted by atomic mass is 35.5. The Hall–Kier alpha value is -1.41. The Morgan fingerprint density at radius 1 is 0.395 bits per heavy atom. The van der Waals surface area contributed by atoms with Crippen LogP contribution in [0.5, 0.6) is 0 Å². The highest BCUT2D eigenvalue weighted by molar-refractivity contribution is 6.24. The van der Waals surface area contributed by atoms with Crippen LogP contribution in [0, 0.1) is 0 Å². The van der Waals surface area contributed by atoms with E-state index in [9.17, 15) is 102 Å². The van der Waals surface area contributed by atoms with Gasteiger partial charge >= 0.3 is 60.1 Å². The van der Waals surface area contributed by atoms with E-state index in [-0.39, 0.29) is 0 Å². The lowest BCUT2D eigenvalue weighted by atomic mass is 10.2. The fraction of sp³-hybridized carbons (Fsp3) is 1.00. The molecular weight excluding hydrogens is 650 g/mol. The van der Waals surface area contributed by atoms with Gasteiger partial charge in [-0.2, -0.15) is 87.8 Å². The van der Waals surface area contributed by atoms with Gasteiger partial charge in [-0.15, -0.1) is 0 Å². The number of hydrogen-bond donors (Lipinski definition) is 0. The molecule has 4 atom stereocenters. The van der Waals surface area contributed by atoms with E-state index < -0.39 is 65.9 Å². The first kappa shape index (κ1) is 36.6. The van der Waals surface area contributed by atoms with Crippen LogP contribution in [-0.4, -0.2) is 65.9 Å². The molecular formula is C11ClF22O4-. The van der Waals surface area contributed by atoms with E-state index >= 15 is 0 Å². The molecule has 0 aromatic heterocycles. The van der Waals surface area contributed by atoms with Gasteiger partial charge < -0.3 is 5.11 Å². The van der Waals surface area contributed by atoms with Crippen molar-refractivity contribution >= 4 is 11.6 Å². The summed E-state index contributed by atoms with van der Waals surface area (Å²) in [6, 6.07) is -8.26. The van der Waals surface area contributed by atoms with Crippen LogP contribution in [0.3, 0.4) is 0 Å². The van der Waals surface area contributed by atoms with Gasteiger partial charge in [0.2, 0.25) is 5.85 Å². The van der Waals surface area contributed by atoms with Crippen LogP contribution in [0.25, 0.3) is 0 Å². The first-order valence-corrected chi connectivity index (χ1v) is 7.90. The molecule has 0 spiro atoms. The molecule has 0 heterocycles. The summed E-state index contributed by atoms with van der Waals surface area (Å²) in [5.74, 6) is -16.4. The number of halogens is 23. The molecule has 0 fully saturated rings. The normalized spacial score (nSPS) is 21.8. The van der Waals surface area contributed by atoms with Crippen molar-refractivity contribution in [3.63, 3.8) is 0 Å². The average Bonchev–Trinajstić information content (AvgIpc) is 2.55. The second-order valence-corrected chi connectivity index (χ2v) is 6.67. The molecule has 0 aliphatic rings. The van der Waals surface area contributed by atoms with E-state index in [1.165, 1.54) is 14.2 Å². The lowest BCUT2D eigenvalue weighted by molar-refractivity contribution is -0.670. The summed E-state index contributed by atoms with van der Waals surface area (Å²) in [5.41, 5.74) is 0. The van der Waals surface area contributed by atoms with Gasteiger partial charge in [0, 0.05) is 0 Å². The third kappa shape index (κ3) is 6.16. The summed E-state index contributed by atoms with van der Waals surface area (Å²) < 4.78 is 285. The molecule has 0 aliphatic heterocycles. The van der Waals surface area contributed by atoms with Crippen molar-refractivity contribution in [3.8, 4) is 0 Å². The molecule has 0 saturated heterocycles. The number of rotatable bonds is 9. The zero-order valence-electron chi connectivity index (χ0n) is 15.8. The van der Waals surface area contributed by atoms with Crippen LogP contribution in [0.1, 0.15) is 0 Å². The van der Waals surface area contributed by atoms with Gasteiger partial charge in [0.1, 0.15) is 0 Å². The Labute approximate surface area is 194 Å². The van der Waals surface area contributed by atoms with Crippen molar-refractivity contribution < 1.29 is 116 Å². The van der Waals surface area contributed by atoms with Gasteiger partial charge in [-0.1, -0.05) is 11.6 Å². The maximum atomic E-state index is 14.0. The van der Waals surface area contributed by atoms with Crippen molar-refractivity contribution in [2.24, 2.45) is 0 Å². The Morgan fingerprint density at radius 2 is 0.763 bits per heavy atom. The molecule has 4 nitrogen and oxygen atoms in total. The lowest BCUT2D eigenvalue weighted by Gasteiger charge is -2.44. The Bertz CT molecular complexity index is 840. The molecule has 0 rings (SSSR count). The molecule has 0 radical (unpaired) electrons.